The van der Waals surface area contributed by atoms with Crippen LogP contribution in [0.1, 0.15) is 19.3 Å². The van der Waals surface area contributed by atoms with Gasteiger partial charge in [-0.25, -0.2) is 0 Å². The summed E-state index contributed by atoms with van der Waals surface area (Å²) in [5, 5.41) is 3.37. The molecule has 8 nitrogen and oxygen atoms in total. The van der Waals surface area contributed by atoms with Crippen molar-refractivity contribution in [2.45, 2.75) is 37.5 Å². The van der Waals surface area contributed by atoms with Crippen molar-refractivity contribution in [3.05, 3.63) is 0 Å². The zero-order valence-electron chi connectivity index (χ0n) is 11.9. The molecule has 0 spiro atoms. The van der Waals surface area contributed by atoms with Gasteiger partial charge in [-0.15, -0.1) is 0 Å². The minimum Gasteiger partial charge on any atom is -0.378 e. The number of nitrogens with one attached hydrogen (secondary N) is 1. The SMILES string of the molecule is Nc1nc(NC2CC3CCC2O3)nc(N2CCOCC2)n1. The van der Waals surface area contributed by atoms with Crippen LogP contribution in [0.3, 0.4) is 0 Å². The molecule has 3 fully saturated rings. The molecule has 0 saturated carbocycles. The van der Waals surface area contributed by atoms with Crippen molar-refractivity contribution in [3.63, 3.8) is 0 Å². The van der Waals surface area contributed by atoms with Crippen LogP contribution in [-0.4, -0.2) is 59.5 Å². The van der Waals surface area contributed by atoms with Gasteiger partial charge in [0.2, 0.25) is 17.8 Å². The maximum atomic E-state index is 5.84. The van der Waals surface area contributed by atoms with E-state index in [1.165, 1.54) is 6.42 Å². The molecule has 3 aliphatic heterocycles. The molecule has 0 amide bonds. The van der Waals surface area contributed by atoms with E-state index in [1.807, 2.05) is 0 Å². The summed E-state index contributed by atoms with van der Waals surface area (Å²) in [6.07, 6.45) is 3.97. The fraction of sp³-hybridized carbons (Fsp3) is 0.769. The summed E-state index contributed by atoms with van der Waals surface area (Å²) in [6, 6.07) is 0.281. The number of aromatic nitrogens is 3. The minimum atomic E-state index is 0.248. The number of nitrogens with zero attached hydrogens (tertiary/aromatic N) is 4. The lowest BCUT2D eigenvalue weighted by Crippen LogP contribution is -2.38. The van der Waals surface area contributed by atoms with E-state index in [0.29, 0.717) is 31.2 Å². The van der Waals surface area contributed by atoms with Gasteiger partial charge in [0.1, 0.15) is 0 Å². The Labute approximate surface area is 123 Å². The highest BCUT2D eigenvalue weighted by Crippen LogP contribution is 2.35. The van der Waals surface area contributed by atoms with Crippen LogP contribution in [0.5, 0.6) is 0 Å². The lowest BCUT2D eigenvalue weighted by molar-refractivity contribution is 0.102. The van der Waals surface area contributed by atoms with Crippen molar-refractivity contribution in [1.82, 2.24) is 15.0 Å². The first-order valence-electron chi connectivity index (χ1n) is 7.54. The molecular weight excluding hydrogens is 272 g/mol. The van der Waals surface area contributed by atoms with Gasteiger partial charge < -0.3 is 25.4 Å². The van der Waals surface area contributed by atoms with E-state index in [9.17, 15) is 0 Å². The third-order valence-electron chi connectivity index (χ3n) is 4.36. The molecule has 3 saturated heterocycles. The molecule has 4 rings (SSSR count). The Morgan fingerprint density at radius 2 is 2.00 bits per heavy atom. The molecule has 0 aromatic carbocycles. The standard InChI is InChI=1S/C13H20N6O2/c14-11-16-12(15-9-7-8-1-2-10(9)21-8)18-13(17-11)19-3-5-20-6-4-19/h8-10H,1-7H2,(H3,14,15,16,17,18). The topological polar surface area (TPSA) is 98.4 Å². The first-order valence-corrected chi connectivity index (χ1v) is 7.54. The monoisotopic (exact) mass is 292 g/mol. The normalized spacial score (nSPS) is 31.6. The van der Waals surface area contributed by atoms with Crippen LogP contribution < -0.4 is 16.0 Å². The van der Waals surface area contributed by atoms with Crippen LogP contribution >= 0.6 is 0 Å². The first kappa shape index (κ1) is 13.0. The highest BCUT2D eigenvalue weighted by molar-refractivity contribution is 5.43. The van der Waals surface area contributed by atoms with Crippen molar-refractivity contribution in [3.8, 4) is 0 Å². The summed E-state index contributed by atoms with van der Waals surface area (Å²) in [5.41, 5.74) is 5.82. The summed E-state index contributed by atoms with van der Waals surface area (Å²) in [5.74, 6) is 1.42. The third kappa shape index (κ3) is 2.60. The van der Waals surface area contributed by atoms with Crippen LogP contribution in [0, 0.1) is 0 Å². The Kier molecular flexibility index (Phi) is 3.27. The summed E-state index contributed by atoms with van der Waals surface area (Å²) in [6.45, 7) is 2.93. The molecule has 1 aromatic heterocycles. The Morgan fingerprint density at radius 3 is 2.71 bits per heavy atom. The zero-order valence-corrected chi connectivity index (χ0v) is 11.9. The number of fused-ring (bicyclic) bond motifs is 2. The summed E-state index contributed by atoms with van der Waals surface area (Å²) < 4.78 is 11.2. The van der Waals surface area contributed by atoms with E-state index in [2.05, 4.69) is 25.2 Å². The number of rotatable bonds is 3. The molecule has 0 radical (unpaired) electrons. The quantitative estimate of drug-likeness (QED) is 0.804. The number of morpholine rings is 1. The number of anilines is 3. The summed E-state index contributed by atoms with van der Waals surface area (Å²) in [7, 11) is 0. The van der Waals surface area contributed by atoms with Gasteiger partial charge in [-0.2, -0.15) is 15.0 Å². The molecule has 3 atom stereocenters. The molecule has 2 bridgehead atoms. The van der Waals surface area contributed by atoms with Crippen LogP contribution in [0.4, 0.5) is 17.8 Å². The molecule has 3 unspecified atom stereocenters. The van der Waals surface area contributed by atoms with Gasteiger partial charge in [-0.1, -0.05) is 0 Å². The smallest absolute Gasteiger partial charge is 0.232 e. The van der Waals surface area contributed by atoms with Crippen LogP contribution in [0.2, 0.25) is 0 Å². The number of ether oxygens (including phenoxy) is 2. The molecule has 4 heterocycles. The van der Waals surface area contributed by atoms with Crippen molar-refractivity contribution in [1.29, 1.82) is 0 Å². The van der Waals surface area contributed by atoms with Crippen molar-refractivity contribution < 1.29 is 9.47 Å². The fourth-order valence-corrected chi connectivity index (χ4v) is 3.31. The Hall–Kier alpha value is -1.67. The molecule has 8 heteroatoms. The Bertz CT molecular complexity index is 521. The molecule has 3 aliphatic rings. The molecule has 3 N–H and O–H groups in total. The summed E-state index contributed by atoms with van der Waals surface area (Å²) in [4.78, 5) is 15.0. The largest absolute Gasteiger partial charge is 0.378 e. The Balaban J connectivity index is 1.50. The maximum Gasteiger partial charge on any atom is 0.232 e. The third-order valence-corrected chi connectivity index (χ3v) is 4.36. The van der Waals surface area contributed by atoms with E-state index in [-0.39, 0.29) is 18.1 Å². The van der Waals surface area contributed by atoms with Crippen molar-refractivity contribution in [2.24, 2.45) is 0 Å². The highest BCUT2D eigenvalue weighted by Gasteiger charge is 2.41. The van der Waals surface area contributed by atoms with E-state index >= 15 is 0 Å². The van der Waals surface area contributed by atoms with E-state index in [0.717, 1.165) is 25.9 Å². The zero-order chi connectivity index (χ0) is 14.2. The Morgan fingerprint density at radius 1 is 1.14 bits per heavy atom. The lowest BCUT2D eigenvalue weighted by Gasteiger charge is -2.27. The van der Waals surface area contributed by atoms with Crippen LogP contribution in [0.15, 0.2) is 0 Å². The second kappa shape index (κ2) is 5.27. The van der Waals surface area contributed by atoms with Gasteiger partial charge in [0.05, 0.1) is 31.5 Å². The second-order valence-corrected chi connectivity index (χ2v) is 5.78. The lowest BCUT2D eigenvalue weighted by atomic mass is 9.96. The predicted octanol–water partition coefficient (Wildman–Crippen LogP) is 0.0222. The number of hydrogen-bond acceptors (Lipinski definition) is 8. The number of hydrogen-bond donors (Lipinski definition) is 2. The van der Waals surface area contributed by atoms with E-state index in [4.69, 9.17) is 15.2 Å². The minimum absolute atomic E-state index is 0.248. The highest BCUT2D eigenvalue weighted by atomic mass is 16.5. The van der Waals surface area contributed by atoms with Gasteiger partial charge in [0.15, 0.2) is 0 Å². The average Bonchev–Trinajstić information content (AvgIpc) is 3.10. The van der Waals surface area contributed by atoms with Gasteiger partial charge in [0.25, 0.3) is 0 Å². The molecule has 21 heavy (non-hydrogen) atoms. The van der Waals surface area contributed by atoms with Crippen molar-refractivity contribution in [2.75, 3.05) is 42.3 Å². The molecule has 0 aliphatic carbocycles. The first-order chi connectivity index (χ1) is 10.3. The van der Waals surface area contributed by atoms with Gasteiger partial charge in [-0.3, -0.25) is 0 Å². The van der Waals surface area contributed by atoms with Gasteiger partial charge >= 0.3 is 0 Å². The van der Waals surface area contributed by atoms with Crippen LogP contribution in [0.25, 0.3) is 0 Å². The molecular formula is C13H20N6O2. The molecule has 1 aromatic rings. The predicted molar refractivity (Wildman–Crippen MR) is 77.2 cm³/mol. The van der Waals surface area contributed by atoms with Crippen LogP contribution in [-0.2, 0) is 9.47 Å². The average molecular weight is 292 g/mol. The van der Waals surface area contributed by atoms with Gasteiger partial charge in [-0.05, 0) is 19.3 Å². The summed E-state index contributed by atoms with van der Waals surface area (Å²) >= 11 is 0. The van der Waals surface area contributed by atoms with E-state index < -0.39 is 0 Å². The second-order valence-electron chi connectivity index (χ2n) is 5.78. The number of nitrogen functional groups attached to an aromatic ring is 1. The van der Waals surface area contributed by atoms with Crippen molar-refractivity contribution >= 4 is 17.8 Å². The van der Waals surface area contributed by atoms with E-state index in [1.54, 1.807) is 0 Å². The fourth-order valence-electron chi connectivity index (χ4n) is 3.31. The molecule has 114 valence electrons. The maximum absolute atomic E-state index is 5.84. The van der Waals surface area contributed by atoms with Gasteiger partial charge in [0, 0.05) is 13.1 Å². The number of nitrogens with two attached hydrogens (primary N) is 1.